The lowest BCUT2D eigenvalue weighted by Gasteiger charge is -2.33. The molecule has 1 amide bonds. The molecule has 4 nitrogen and oxygen atoms in total. The van der Waals surface area contributed by atoms with Gasteiger partial charge in [-0.3, -0.25) is 4.79 Å². The average Bonchev–Trinajstić information content (AvgIpc) is 3.29. The summed E-state index contributed by atoms with van der Waals surface area (Å²) in [4.78, 5) is 17.4. The molecule has 1 aliphatic carbocycles. The molecule has 26 heavy (non-hydrogen) atoms. The van der Waals surface area contributed by atoms with Crippen molar-refractivity contribution in [2.45, 2.75) is 59.2 Å². The molecule has 0 spiro atoms. The molecule has 1 unspecified atom stereocenters. The first-order valence-electron chi connectivity index (χ1n) is 10.1. The van der Waals surface area contributed by atoms with Crippen molar-refractivity contribution in [3.8, 4) is 0 Å². The fraction of sp³-hybridized carbons (Fsp3) is 0.762. The van der Waals surface area contributed by atoms with Crippen LogP contribution >= 0.6 is 11.3 Å². The van der Waals surface area contributed by atoms with Crippen molar-refractivity contribution < 1.29 is 14.3 Å². The Morgan fingerprint density at radius 2 is 1.85 bits per heavy atom. The van der Waals surface area contributed by atoms with Crippen molar-refractivity contribution in [1.82, 2.24) is 4.90 Å². The summed E-state index contributed by atoms with van der Waals surface area (Å²) in [5, 5.41) is 0. The zero-order valence-corrected chi connectivity index (χ0v) is 17.1. The topological polar surface area (TPSA) is 38.8 Å². The molecule has 0 N–H and O–H groups in total. The Morgan fingerprint density at radius 3 is 2.50 bits per heavy atom. The van der Waals surface area contributed by atoms with Crippen LogP contribution < -0.4 is 0 Å². The normalized spacial score (nSPS) is 25.5. The molecule has 3 heterocycles. The second kappa shape index (κ2) is 7.25. The lowest BCUT2D eigenvalue weighted by atomic mass is 9.72. The largest absolute Gasteiger partial charge is 0.350 e. The van der Waals surface area contributed by atoms with Gasteiger partial charge in [0.2, 0.25) is 0 Å². The number of hydrogen-bond acceptors (Lipinski definition) is 4. The van der Waals surface area contributed by atoms with Crippen molar-refractivity contribution >= 4 is 17.2 Å². The van der Waals surface area contributed by atoms with Gasteiger partial charge in [-0.05, 0) is 55.1 Å². The van der Waals surface area contributed by atoms with Crippen LogP contribution in [-0.4, -0.2) is 43.4 Å². The second-order valence-electron chi connectivity index (χ2n) is 9.10. The molecule has 3 aliphatic rings. The van der Waals surface area contributed by atoms with E-state index < -0.39 is 0 Å². The number of hydrogen-bond donors (Lipinski definition) is 0. The molecular weight excluding hydrogens is 346 g/mol. The first kappa shape index (κ1) is 18.5. The Bertz CT molecular complexity index is 649. The molecule has 0 bridgehead atoms. The van der Waals surface area contributed by atoms with Gasteiger partial charge in [-0.25, -0.2) is 0 Å². The van der Waals surface area contributed by atoms with Crippen molar-refractivity contribution in [3.63, 3.8) is 0 Å². The highest BCUT2D eigenvalue weighted by Crippen LogP contribution is 2.40. The van der Waals surface area contributed by atoms with E-state index in [9.17, 15) is 4.79 Å². The molecule has 4 rings (SSSR count). The summed E-state index contributed by atoms with van der Waals surface area (Å²) < 4.78 is 11.3. The zero-order chi connectivity index (χ0) is 18.3. The summed E-state index contributed by atoms with van der Waals surface area (Å²) in [5.41, 5.74) is 1.77. The summed E-state index contributed by atoms with van der Waals surface area (Å²) in [7, 11) is 0. The maximum absolute atomic E-state index is 13.0. The maximum atomic E-state index is 13.0. The fourth-order valence-corrected chi connectivity index (χ4v) is 5.72. The molecule has 5 heteroatoms. The van der Waals surface area contributed by atoms with E-state index >= 15 is 0 Å². The van der Waals surface area contributed by atoms with Crippen LogP contribution in [-0.2, 0) is 22.3 Å². The van der Waals surface area contributed by atoms with E-state index in [0.717, 1.165) is 49.6 Å². The number of carbonyl (C=O) groups is 1. The van der Waals surface area contributed by atoms with Crippen LogP contribution in [0.2, 0.25) is 0 Å². The molecule has 2 fully saturated rings. The molecule has 0 saturated carbocycles. The number of nitrogens with zero attached hydrogens (tertiary/aromatic N) is 1. The SMILES string of the molecule is CC(C)(C)C1CCc2sc(C(=O)N3CCC(C4OCCO4)CC3)cc2C1. The van der Waals surface area contributed by atoms with Gasteiger partial charge in [-0.1, -0.05) is 20.8 Å². The van der Waals surface area contributed by atoms with Crippen LogP contribution in [0.4, 0.5) is 0 Å². The molecule has 1 atom stereocenters. The number of ether oxygens (including phenoxy) is 2. The van der Waals surface area contributed by atoms with E-state index in [1.54, 1.807) is 11.3 Å². The molecule has 0 radical (unpaired) electrons. The minimum Gasteiger partial charge on any atom is -0.350 e. The lowest BCUT2D eigenvalue weighted by Crippen LogP contribution is -2.41. The molecule has 2 aliphatic heterocycles. The van der Waals surface area contributed by atoms with Gasteiger partial charge in [-0.15, -0.1) is 11.3 Å². The molecular formula is C21H31NO3S. The fourth-order valence-electron chi connectivity index (χ4n) is 4.55. The van der Waals surface area contributed by atoms with Gasteiger partial charge in [0.25, 0.3) is 5.91 Å². The smallest absolute Gasteiger partial charge is 0.263 e. The highest BCUT2D eigenvalue weighted by Gasteiger charge is 2.34. The van der Waals surface area contributed by atoms with Gasteiger partial charge in [0, 0.05) is 23.9 Å². The van der Waals surface area contributed by atoms with Crippen LogP contribution in [0.5, 0.6) is 0 Å². The summed E-state index contributed by atoms with van der Waals surface area (Å²) >= 11 is 1.74. The quantitative estimate of drug-likeness (QED) is 0.778. The number of aryl methyl sites for hydroxylation is 1. The Hall–Kier alpha value is -0.910. The third-order valence-electron chi connectivity index (χ3n) is 6.38. The highest BCUT2D eigenvalue weighted by molar-refractivity contribution is 7.14. The van der Waals surface area contributed by atoms with Crippen molar-refractivity contribution in [2.24, 2.45) is 17.3 Å². The monoisotopic (exact) mass is 377 g/mol. The van der Waals surface area contributed by atoms with E-state index in [1.165, 1.54) is 16.9 Å². The Kier molecular flexibility index (Phi) is 5.15. The second-order valence-corrected chi connectivity index (χ2v) is 10.2. The van der Waals surface area contributed by atoms with E-state index in [2.05, 4.69) is 26.8 Å². The predicted octanol–water partition coefficient (Wildman–Crippen LogP) is 4.12. The van der Waals surface area contributed by atoms with Crippen LogP contribution in [0.15, 0.2) is 6.07 Å². The first-order valence-corrected chi connectivity index (χ1v) is 10.9. The Labute approximate surface area is 160 Å². The van der Waals surface area contributed by atoms with E-state index in [-0.39, 0.29) is 12.2 Å². The van der Waals surface area contributed by atoms with Crippen LogP contribution in [0.3, 0.4) is 0 Å². The zero-order valence-electron chi connectivity index (χ0n) is 16.3. The van der Waals surface area contributed by atoms with Crippen molar-refractivity contribution in [1.29, 1.82) is 0 Å². The number of thiophene rings is 1. The van der Waals surface area contributed by atoms with Gasteiger partial charge in [0.15, 0.2) is 6.29 Å². The van der Waals surface area contributed by atoms with Crippen LogP contribution in [0.25, 0.3) is 0 Å². The third-order valence-corrected chi connectivity index (χ3v) is 7.60. The Balaban J connectivity index is 1.38. The number of rotatable bonds is 2. The number of amides is 1. The molecule has 0 aromatic carbocycles. The van der Waals surface area contributed by atoms with E-state index in [1.807, 2.05) is 4.90 Å². The molecule has 2 saturated heterocycles. The summed E-state index contributed by atoms with van der Waals surface area (Å²) in [6.45, 7) is 10.1. The maximum Gasteiger partial charge on any atom is 0.263 e. The van der Waals surface area contributed by atoms with Crippen LogP contribution in [0, 0.1) is 17.3 Å². The predicted molar refractivity (Wildman–Crippen MR) is 104 cm³/mol. The van der Waals surface area contributed by atoms with E-state index in [0.29, 0.717) is 24.5 Å². The van der Waals surface area contributed by atoms with E-state index in [4.69, 9.17) is 9.47 Å². The van der Waals surface area contributed by atoms with Gasteiger partial charge in [0.1, 0.15) is 0 Å². The molecule has 1 aromatic rings. The standard InChI is InChI=1S/C21H31NO3S/c1-21(2,3)16-4-5-17-15(12-16)13-18(26-17)19(23)22-8-6-14(7-9-22)20-24-10-11-25-20/h13-14,16,20H,4-12H2,1-3H3. The van der Waals surface area contributed by atoms with Crippen molar-refractivity contribution in [2.75, 3.05) is 26.3 Å². The number of piperidine rings is 1. The van der Waals surface area contributed by atoms with Crippen LogP contribution in [0.1, 0.15) is 60.1 Å². The van der Waals surface area contributed by atoms with Crippen molar-refractivity contribution in [3.05, 3.63) is 21.4 Å². The molecule has 1 aromatic heterocycles. The Morgan fingerprint density at radius 1 is 1.15 bits per heavy atom. The minimum atomic E-state index is -0.0457. The number of likely N-dealkylation sites (tertiary alicyclic amines) is 1. The minimum absolute atomic E-state index is 0.0457. The lowest BCUT2D eigenvalue weighted by molar-refractivity contribution is -0.0955. The summed E-state index contributed by atoms with van der Waals surface area (Å²) in [6.07, 6.45) is 5.42. The first-order chi connectivity index (χ1) is 12.4. The van der Waals surface area contributed by atoms with Gasteiger partial charge in [0.05, 0.1) is 18.1 Å². The summed E-state index contributed by atoms with van der Waals surface area (Å²) in [6, 6.07) is 2.19. The van der Waals surface area contributed by atoms with Gasteiger partial charge < -0.3 is 14.4 Å². The average molecular weight is 378 g/mol. The van der Waals surface area contributed by atoms with Gasteiger partial charge >= 0.3 is 0 Å². The molecule has 144 valence electrons. The number of fused-ring (bicyclic) bond motifs is 1. The summed E-state index contributed by atoms with van der Waals surface area (Å²) in [5.74, 6) is 1.38. The third kappa shape index (κ3) is 3.71. The highest BCUT2D eigenvalue weighted by atomic mass is 32.1. The van der Waals surface area contributed by atoms with Gasteiger partial charge in [-0.2, -0.15) is 0 Å². The number of carbonyl (C=O) groups excluding carboxylic acids is 1.